The van der Waals surface area contributed by atoms with Crippen molar-refractivity contribution in [3.05, 3.63) is 0 Å². The molecule has 0 spiro atoms. The van der Waals surface area contributed by atoms with Crippen LogP contribution < -0.4 is 5.32 Å². The molecule has 2 saturated carbocycles. The molecule has 0 radical (unpaired) electrons. The molecule has 1 aliphatic heterocycles. The maximum Gasteiger partial charge on any atom is 0.331 e. The van der Waals surface area contributed by atoms with Crippen molar-refractivity contribution < 1.29 is 14.4 Å². The molecule has 1 saturated heterocycles. The summed E-state index contributed by atoms with van der Waals surface area (Å²) in [7, 11) is 0. The van der Waals surface area contributed by atoms with Crippen LogP contribution in [0.3, 0.4) is 0 Å². The summed E-state index contributed by atoms with van der Waals surface area (Å²) in [5, 5.41) is 2.38. The second-order valence-electron chi connectivity index (χ2n) is 6.00. The maximum absolute atomic E-state index is 12.5. The van der Waals surface area contributed by atoms with Gasteiger partial charge in [0.25, 0.3) is 0 Å². The average molecular weight is 264 g/mol. The van der Waals surface area contributed by atoms with Gasteiger partial charge >= 0.3 is 6.03 Å². The predicted molar refractivity (Wildman–Crippen MR) is 68.0 cm³/mol. The fourth-order valence-electron chi connectivity index (χ4n) is 3.61. The van der Waals surface area contributed by atoms with Crippen LogP contribution in [0.1, 0.15) is 45.4 Å². The zero-order chi connectivity index (χ0) is 13.6. The molecule has 3 unspecified atom stereocenters. The number of urea groups is 1. The van der Waals surface area contributed by atoms with Gasteiger partial charge in [0.1, 0.15) is 5.92 Å². The average Bonchev–Trinajstić information content (AvgIpc) is 2.92. The van der Waals surface area contributed by atoms with Gasteiger partial charge in [-0.3, -0.25) is 19.8 Å². The van der Waals surface area contributed by atoms with Crippen molar-refractivity contribution >= 4 is 17.8 Å². The predicted octanol–water partition coefficient (Wildman–Crippen LogP) is 1.67. The number of nitrogens with zero attached hydrogens (tertiary/aromatic N) is 1. The summed E-state index contributed by atoms with van der Waals surface area (Å²) in [5.41, 5.74) is 0. The van der Waals surface area contributed by atoms with Crippen molar-refractivity contribution in [1.82, 2.24) is 10.2 Å². The molecule has 3 atom stereocenters. The number of hydrogen-bond donors (Lipinski definition) is 1. The molecule has 3 rings (SSSR count). The third-order valence-electron chi connectivity index (χ3n) is 4.85. The molecular formula is C14H20N2O3. The molecule has 4 amide bonds. The number of barbiturate groups is 1. The Labute approximate surface area is 112 Å². The van der Waals surface area contributed by atoms with E-state index in [1.54, 1.807) is 0 Å². The maximum atomic E-state index is 12.5. The molecule has 0 aromatic rings. The summed E-state index contributed by atoms with van der Waals surface area (Å²) >= 11 is 0. The van der Waals surface area contributed by atoms with E-state index in [2.05, 4.69) is 12.2 Å². The standard InChI is InChI=1S/C14H20N2O3/c1-2-8-7-10(8)16-13(18)11(9-5-3-4-6-9)12(17)15-14(16)19/h8-11H,2-7H2,1H3,(H,15,17,19). The molecule has 2 aliphatic carbocycles. The van der Waals surface area contributed by atoms with E-state index in [9.17, 15) is 14.4 Å². The summed E-state index contributed by atoms with van der Waals surface area (Å²) < 4.78 is 0. The van der Waals surface area contributed by atoms with Gasteiger partial charge in [0, 0.05) is 6.04 Å². The van der Waals surface area contributed by atoms with E-state index in [1.165, 1.54) is 4.90 Å². The summed E-state index contributed by atoms with van der Waals surface area (Å²) in [6.45, 7) is 2.07. The minimum absolute atomic E-state index is 0.0227. The molecule has 0 bridgehead atoms. The Kier molecular flexibility index (Phi) is 3.07. The van der Waals surface area contributed by atoms with E-state index in [0.717, 1.165) is 38.5 Å². The van der Waals surface area contributed by atoms with Crippen LogP contribution in [-0.2, 0) is 9.59 Å². The van der Waals surface area contributed by atoms with Crippen molar-refractivity contribution in [1.29, 1.82) is 0 Å². The van der Waals surface area contributed by atoms with Crippen LogP contribution in [0.15, 0.2) is 0 Å². The third kappa shape index (κ3) is 2.05. The van der Waals surface area contributed by atoms with Gasteiger partial charge in [-0.25, -0.2) is 4.79 Å². The van der Waals surface area contributed by atoms with Crippen LogP contribution >= 0.6 is 0 Å². The van der Waals surface area contributed by atoms with Crippen molar-refractivity contribution in [3.63, 3.8) is 0 Å². The third-order valence-corrected chi connectivity index (χ3v) is 4.85. The van der Waals surface area contributed by atoms with Gasteiger partial charge < -0.3 is 0 Å². The number of rotatable bonds is 3. The fraction of sp³-hybridized carbons (Fsp3) is 0.786. The molecule has 1 heterocycles. The lowest BCUT2D eigenvalue weighted by molar-refractivity contribution is -0.145. The van der Waals surface area contributed by atoms with Crippen LogP contribution in [-0.4, -0.2) is 28.8 Å². The Hall–Kier alpha value is -1.39. The minimum atomic E-state index is -0.627. The van der Waals surface area contributed by atoms with Crippen molar-refractivity contribution in [2.75, 3.05) is 0 Å². The first kappa shape index (κ1) is 12.6. The molecule has 0 aromatic carbocycles. The fourth-order valence-corrected chi connectivity index (χ4v) is 3.61. The van der Waals surface area contributed by atoms with Crippen LogP contribution in [0, 0.1) is 17.8 Å². The van der Waals surface area contributed by atoms with E-state index in [4.69, 9.17) is 0 Å². The van der Waals surface area contributed by atoms with Crippen molar-refractivity contribution in [2.45, 2.75) is 51.5 Å². The Morgan fingerprint density at radius 1 is 1.21 bits per heavy atom. The van der Waals surface area contributed by atoms with Gasteiger partial charge in [-0.1, -0.05) is 26.2 Å². The van der Waals surface area contributed by atoms with Gasteiger partial charge in [0.15, 0.2) is 0 Å². The van der Waals surface area contributed by atoms with Crippen LogP contribution in [0.4, 0.5) is 4.79 Å². The summed E-state index contributed by atoms with van der Waals surface area (Å²) in [6, 6.07) is -0.486. The number of nitrogens with one attached hydrogen (secondary N) is 1. The lowest BCUT2D eigenvalue weighted by Crippen LogP contribution is -2.60. The zero-order valence-electron chi connectivity index (χ0n) is 11.2. The largest absolute Gasteiger partial charge is 0.331 e. The van der Waals surface area contributed by atoms with Crippen LogP contribution in [0.5, 0.6) is 0 Å². The molecular weight excluding hydrogens is 244 g/mol. The van der Waals surface area contributed by atoms with Gasteiger partial charge in [-0.2, -0.15) is 0 Å². The monoisotopic (exact) mass is 264 g/mol. The quantitative estimate of drug-likeness (QED) is 0.788. The minimum Gasteiger partial charge on any atom is -0.277 e. The van der Waals surface area contributed by atoms with Gasteiger partial charge in [-0.05, 0) is 31.1 Å². The van der Waals surface area contributed by atoms with Gasteiger partial charge in [-0.15, -0.1) is 0 Å². The summed E-state index contributed by atoms with van der Waals surface area (Å²) in [4.78, 5) is 37.7. The highest BCUT2D eigenvalue weighted by Crippen LogP contribution is 2.42. The van der Waals surface area contributed by atoms with Crippen LogP contribution in [0.2, 0.25) is 0 Å². The molecule has 0 aromatic heterocycles. The highest BCUT2D eigenvalue weighted by Gasteiger charge is 2.53. The van der Waals surface area contributed by atoms with E-state index in [1.807, 2.05) is 0 Å². The number of hydrogen-bond acceptors (Lipinski definition) is 3. The van der Waals surface area contributed by atoms with Crippen molar-refractivity contribution in [2.24, 2.45) is 17.8 Å². The SMILES string of the molecule is CCC1CC1N1C(=O)NC(=O)C(C2CCCC2)C1=O. The zero-order valence-corrected chi connectivity index (χ0v) is 11.2. The first-order valence-corrected chi connectivity index (χ1v) is 7.31. The second-order valence-corrected chi connectivity index (χ2v) is 6.00. The molecule has 5 nitrogen and oxygen atoms in total. The highest BCUT2D eigenvalue weighted by atomic mass is 16.2. The Morgan fingerprint density at radius 3 is 2.47 bits per heavy atom. The highest BCUT2D eigenvalue weighted by molar-refractivity contribution is 6.16. The Morgan fingerprint density at radius 2 is 1.89 bits per heavy atom. The van der Waals surface area contributed by atoms with E-state index < -0.39 is 11.9 Å². The number of carbonyl (C=O) groups excluding carboxylic acids is 3. The summed E-state index contributed by atoms with van der Waals surface area (Å²) in [6.07, 6.45) is 5.87. The molecule has 3 fully saturated rings. The Balaban J connectivity index is 1.79. The van der Waals surface area contributed by atoms with Gasteiger partial charge in [0.05, 0.1) is 0 Å². The van der Waals surface area contributed by atoms with Crippen LogP contribution in [0.25, 0.3) is 0 Å². The van der Waals surface area contributed by atoms with E-state index >= 15 is 0 Å². The molecule has 3 aliphatic rings. The Bertz CT molecular complexity index is 428. The lowest BCUT2D eigenvalue weighted by atomic mass is 9.87. The number of carbonyl (C=O) groups is 3. The van der Waals surface area contributed by atoms with Crippen molar-refractivity contribution in [3.8, 4) is 0 Å². The topological polar surface area (TPSA) is 66.5 Å². The summed E-state index contributed by atoms with van der Waals surface area (Å²) in [5.74, 6) is -0.708. The normalized spacial score (nSPS) is 35.7. The number of amides is 4. The first-order valence-electron chi connectivity index (χ1n) is 7.31. The number of imide groups is 2. The molecule has 19 heavy (non-hydrogen) atoms. The smallest absolute Gasteiger partial charge is 0.277 e. The van der Waals surface area contributed by atoms with E-state index in [-0.39, 0.29) is 23.8 Å². The molecule has 1 N–H and O–H groups in total. The molecule has 5 heteroatoms. The second kappa shape index (κ2) is 4.62. The lowest BCUT2D eigenvalue weighted by Gasteiger charge is -2.33. The molecule has 104 valence electrons. The first-order chi connectivity index (χ1) is 9.13. The van der Waals surface area contributed by atoms with E-state index in [0.29, 0.717) is 5.92 Å². The van der Waals surface area contributed by atoms with Gasteiger partial charge in [0.2, 0.25) is 11.8 Å².